The van der Waals surface area contributed by atoms with Crippen LogP contribution >= 0.6 is 11.6 Å². The van der Waals surface area contributed by atoms with E-state index in [1.54, 1.807) is 36.9 Å². The molecule has 0 saturated carbocycles. The number of halogens is 4. The van der Waals surface area contributed by atoms with Crippen LogP contribution in [0.15, 0.2) is 238 Å². The Morgan fingerprint density at radius 1 is 0.347 bits per heavy atom. The number of aromatic nitrogens is 12. The molecule has 0 fully saturated rings. The predicted molar refractivity (Wildman–Crippen MR) is 385 cm³/mol. The van der Waals surface area contributed by atoms with E-state index < -0.39 is 6.43 Å². The van der Waals surface area contributed by atoms with E-state index >= 15 is 0 Å². The number of imidazole rings is 3. The Morgan fingerprint density at radius 2 is 0.694 bits per heavy atom. The van der Waals surface area contributed by atoms with Gasteiger partial charge < -0.3 is 0 Å². The highest BCUT2D eigenvalue weighted by atomic mass is 35.5. The van der Waals surface area contributed by atoms with Crippen LogP contribution in [0, 0.1) is 47.4 Å². The molecule has 0 aliphatic carbocycles. The van der Waals surface area contributed by atoms with Gasteiger partial charge in [-0.2, -0.15) is 0 Å². The zero-order chi connectivity index (χ0) is 67.8. The molecule has 98 heavy (non-hydrogen) atoms. The Balaban J connectivity index is 0.000000132. The highest BCUT2D eigenvalue weighted by Gasteiger charge is 2.18. The third-order valence-corrected chi connectivity index (χ3v) is 17.6. The molecule has 0 aliphatic rings. The van der Waals surface area contributed by atoms with Crippen LogP contribution in [0.4, 0.5) is 13.2 Å². The summed E-state index contributed by atoms with van der Waals surface area (Å²) in [6.45, 7) is 12.6. The first-order valence-electron chi connectivity index (χ1n) is 32.6. The second kappa shape index (κ2) is 29.4. The largest absolute Gasteiger partial charge is 0.297 e. The number of aryl methyl sites for hydroxylation is 12. The van der Waals surface area contributed by atoms with E-state index in [0.29, 0.717) is 17.0 Å². The molecule has 0 spiro atoms. The number of hydrogen-bond acceptors (Lipinski definition) is 9. The zero-order valence-corrected chi connectivity index (χ0v) is 56.0. The number of pyridine rings is 3. The maximum atomic E-state index is 13.7. The fourth-order valence-electron chi connectivity index (χ4n) is 12.6. The summed E-state index contributed by atoms with van der Waals surface area (Å²) in [6.07, 6.45) is 24.4. The first-order valence-corrected chi connectivity index (χ1v) is 32.9. The number of rotatable bonds is 16. The Hall–Kier alpha value is -11.3. The van der Waals surface area contributed by atoms with Gasteiger partial charge in [0.2, 0.25) is 0 Å². The average Bonchev–Trinajstić information content (AvgIpc) is 1.65. The van der Waals surface area contributed by atoms with Crippen molar-refractivity contribution in [1.29, 1.82) is 0 Å². The number of hydrogen-bond donors (Lipinski definition) is 0. The lowest BCUT2D eigenvalue weighted by molar-refractivity contribution is 0.151. The number of fused-ring (bicyclic) bond motifs is 3. The van der Waals surface area contributed by atoms with Gasteiger partial charge in [0.25, 0.3) is 6.43 Å². The van der Waals surface area contributed by atoms with Crippen LogP contribution in [0.2, 0.25) is 5.02 Å². The van der Waals surface area contributed by atoms with Crippen LogP contribution in [0.1, 0.15) is 79.1 Å². The third-order valence-electron chi connectivity index (χ3n) is 17.4. The van der Waals surface area contributed by atoms with Crippen molar-refractivity contribution in [2.24, 2.45) is 0 Å². The van der Waals surface area contributed by atoms with Crippen LogP contribution in [0.3, 0.4) is 0 Å². The van der Waals surface area contributed by atoms with E-state index in [-0.39, 0.29) is 11.4 Å². The maximum Gasteiger partial charge on any atom is 0.263 e. The van der Waals surface area contributed by atoms with Gasteiger partial charge in [0, 0.05) is 99.7 Å². The Labute approximate surface area is 572 Å². The molecule has 9 heterocycles. The smallest absolute Gasteiger partial charge is 0.263 e. The Morgan fingerprint density at radius 3 is 1.05 bits per heavy atom. The van der Waals surface area contributed by atoms with Crippen LogP contribution < -0.4 is 0 Å². The molecule has 15 aromatic rings. The topological polar surface area (TPSA) is 129 Å². The molecule has 6 aromatic carbocycles. The monoisotopic (exact) mass is 1310 g/mol. The zero-order valence-electron chi connectivity index (χ0n) is 55.2. The maximum absolute atomic E-state index is 13.7. The van der Waals surface area contributed by atoms with Gasteiger partial charge in [0.1, 0.15) is 5.82 Å². The van der Waals surface area contributed by atoms with Gasteiger partial charge in [0.05, 0.1) is 69.8 Å². The van der Waals surface area contributed by atoms with E-state index in [4.69, 9.17) is 26.6 Å². The van der Waals surface area contributed by atoms with Gasteiger partial charge in [-0.3, -0.25) is 43.1 Å². The lowest BCUT2D eigenvalue weighted by Gasteiger charge is -2.09. The first kappa shape index (κ1) is 65.4. The molecule has 0 saturated heterocycles. The molecule has 0 bridgehead atoms. The van der Waals surface area contributed by atoms with Crippen molar-refractivity contribution in [2.75, 3.05) is 0 Å². The highest BCUT2D eigenvalue weighted by Crippen LogP contribution is 2.32. The molecular weight excluding hydrogens is 1250 g/mol. The lowest BCUT2D eigenvalue weighted by Crippen LogP contribution is -2.01. The molecule has 16 heteroatoms. The molecule has 486 valence electrons. The average molecular weight is 1320 g/mol. The van der Waals surface area contributed by atoms with E-state index in [9.17, 15) is 13.2 Å². The van der Waals surface area contributed by atoms with Gasteiger partial charge in [-0.05, 0) is 162 Å². The number of nitrogens with zero attached hydrogens (tertiary/aromatic N) is 12. The van der Waals surface area contributed by atoms with Crippen molar-refractivity contribution in [3.8, 4) is 67.5 Å². The summed E-state index contributed by atoms with van der Waals surface area (Å²) in [5.74, 6) is -0.260. The van der Waals surface area contributed by atoms with Gasteiger partial charge in [-0.1, -0.05) is 144 Å². The molecular formula is C82H70ClF3N12. The second-order valence-electron chi connectivity index (χ2n) is 24.7. The lowest BCUT2D eigenvalue weighted by atomic mass is 10.0. The first-order chi connectivity index (χ1) is 47.7. The van der Waals surface area contributed by atoms with Crippen LogP contribution in [0.5, 0.6) is 0 Å². The van der Waals surface area contributed by atoms with E-state index in [1.165, 1.54) is 57.6 Å². The Bertz CT molecular complexity index is 5150. The minimum atomic E-state index is -2.51. The number of alkyl halides is 2. The molecule has 0 amide bonds. The molecule has 9 aromatic heterocycles. The minimum Gasteiger partial charge on any atom is -0.297 e. The SMILES string of the molecule is Cc1cccc(-c2ncc(CCc3nccn4c(-c5cccc(C(F)F)c5)cnc34)cc2C)c1.Cc1cccc(-c2ncc(CCc3nccn4c(-c5cccc(Cl)c5)cnc34)cc2C)c1.Cc1cccc(-c2ncc(CCc3nccn4c(-c5cccc(F)c5)cnc34)cc2C)c1. The van der Waals surface area contributed by atoms with Gasteiger partial charge in [-0.15, -0.1) is 0 Å². The molecule has 0 radical (unpaired) electrons. The summed E-state index contributed by atoms with van der Waals surface area (Å²) < 4.78 is 46.0. The molecule has 0 N–H and O–H groups in total. The van der Waals surface area contributed by atoms with Crippen molar-refractivity contribution < 1.29 is 13.2 Å². The van der Waals surface area contributed by atoms with Crippen LogP contribution in [-0.2, 0) is 38.5 Å². The fourth-order valence-corrected chi connectivity index (χ4v) is 12.8. The van der Waals surface area contributed by atoms with E-state index in [0.717, 1.165) is 145 Å². The van der Waals surface area contributed by atoms with Crippen molar-refractivity contribution in [1.82, 2.24) is 58.1 Å². The molecule has 15 rings (SSSR count). The molecule has 0 atom stereocenters. The molecule has 0 aliphatic heterocycles. The summed E-state index contributed by atoms with van der Waals surface area (Å²) in [5, 5.41) is 0.712. The van der Waals surface area contributed by atoms with Gasteiger partial charge >= 0.3 is 0 Å². The van der Waals surface area contributed by atoms with Crippen LogP contribution in [0.25, 0.3) is 84.5 Å². The summed E-state index contributed by atoms with van der Waals surface area (Å²) >= 11 is 6.18. The summed E-state index contributed by atoms with van der Waals surface area (Å²) in [5.41, 5.74) is 27.4. The highest BCUT2D eigenvalue weighted by molar-refractivity contribution is 6.30. The predicted octanol–water partition coefficient (Wildman–Crippen LogP) is 19.3. The minimum absolute atomic E-state index is 0.00119. The van der Waals surface area contributed by atoms with E-state index in [1.807, 2.05) is 94.8 Å². The fraction of sp³-hybridized carbons (Fsp3) is 0.159. The molecule has 0 unspecified atom stereocenters. The second-order valence-corrected chi connectivity index (χ2v) is 25.2. The molecule has 12 nitrogen and oxygen atoms in total. The summed E-state index contributed by atoms with van der Waals surface area (Å²) in [4.78, 5) is 41.8. The van der Waals surface area contributed by atoms with Crippen molar-refractivity contribution in [2.45, 2.75) is 86.5 Å². The van der Waals surface area contributed by atoms with E-state index in [2.05, 4.69) is 167 Å². The number of benzene rings is 6. The summed E-state index contributed by atoms with van der Waals surface area (Å²) in [7, 11) is 0. The Kier molecular flexibility index (Phi) is 19.6. The standard InChI is InChI=1S/C28H24F2N4.C27H23ClN4.C27H23FN4/c1-18-5-3-7-22(13-18)26-19(2)14-20(16-32-26)9-10-24-28-33-17-25(34(28)12-11-31-24)21-6-4-8-23(15-21)27(29)30;2*1-18-5-3-7-22(13-18)26-19(2)14-20(16-30-26)9-10-24-27-31-17-25(32(27)12-11-29-24)21-6-4-8-23(28)15-21/h3-8,11-17,27H,9-10H2,1-2H3;2*3-8,11-17H,9-10H2,1-2H3. The third kappa shape index (κ3) is 14.9. The van der Waals surface area contributed by atoms with Crippen molar-refractivity contribution in [3.05, 3.63) is 322 Å². The van der Waals surface area contributed by atoms with Gasteiger partial charge in [-0.25, -0.2) is 28.1 Å². The van der Waals surface area contributed by atoms with Crippen molar-refractivity contribution >= 4 is 28.5 Å². The quantitative estimate of drug-likeness (QED) is 0.0928. The van der Waals surface area contributed by atoms with Crippen molar-refractivity contribution in [3.63, 3.8) is 0 Å². The normalized spacial score (nSPS) is 11.3. The van der Waals surface area contributed by atoms with Crippen LogP contribution in [-0.4, -0.2) is 58.1 Å². The summed E-state index contributed by atoms with van der Waals surface area (Å²) in [6, 6.07) is 52.7. The van der Waals surface area contributed by atoms with Gasteiger partial charge in [0.15, 0.2) is 16.9 Å².